The molecule has 0 saturated carbocycles. The van der Waals surface area contributed by atoms with Crippen LogP contribution in [0.5, 0.6) is 0 Å². The van der Waals surface area contributed by atoms with Crippen molar-refractivity contribution in [1.82, 2.24) is 0 Å². The van der Waals surface area contributed by atoms with E-state index in [1.54, 1.807) is 30.3 Å². The Morgan fingerprint density at radius 1 is 0.769 bits per heavy atom. The summed E-state index contributed by atoms with van der Waals surface area (Å²) < 4.78 is 0. The number of halogens is 2. The van der Waals surface area contributed by atoms with Crippen LogP contribution in [0.15, 0.2) is 89.1 Å². The highest BCUT2D eigenvalue weighted by molar-refractivity contribution is 6.51. The first-order valence-corrected chi connectivity index (χ1v) is 8.62. The standard InChI is InChI=1S/C21H14Cl2N2O/c22-18-12-11-15(13-19(18)23)14-24-25-20(16-7-3-1-4-8-16)21(26)17-9-5-2-6-10-17/h1-14H. The lowest BCUT2D eigenvalue weighted by Gasteiger charge is -2.04. The summed E-state index contributed by atoms with van der Waals surface area (Å²) in [6, 6.07) is 23.4. The van der Waals surface area contributed by atoms with Gasteiger partial charge in [-0.2, -0.15) is 5.10 Å². The first-order valence-electron chi connectivity index (χ1n) is 7.86. The van der Waals surface area contributed by atoms with Gasteiger partial charge in [-0.15, -0.1) is 5.10 Å². The van der Waals surface area contributed by atoms with E-state index in [1.165, 1.54) is 6.21 Å². The summed E-state index contributed by atoms with van der Waals surface area (Å²) in [5, 5.41) is 9.16. The number of hydrogen-bond donors (Lipinski definition) is 0. The smallest absolute Gasteiger partial charge is 0.213 e. The van der Waals surface area contributed by atoms with Gasteiger partial charge >= 0.3 is 0 Å². The van der Waals surface area contributed by atoms with Crippen LogP contribution >= 0.6 is 23.2 Å². The quantitative estimate of drug-likeness (QED) is 0.318. The molecule has 0 N–H and O–H groups in total. The van der Waals surface area contributed by atoms with Gasteiger partial charge in [-0.3, -0.25) is 4.79 Å². The molecule has 0 aliphatic carbocycles. The molecule has 0 amide bonds. The van der Waals surface area contributed by atoms with Crippen LogP contribution in [0.3, 0.4) is 0 Å². The molecule has 128 valence electrons. The third-order valence-corrected chi connectivity index (χ3v) is 4.35. The van der Waals surface area contributed by atoms with Crippen molar-refractivity contribution < 1.29 is 4.79 Å². The van der Waals surface area contributed by atoms with Gasteiger partial charge in [0.2, 0.25) is 5.78 Å². The van der Waals surface area contributed by atoms with Crippen molar-refractivity contribution >= 4 is 40.9 Å². The number of rotatable bonds is 5. The van der Waals surface area contributed by atoms with Crippen molar-refractivity contribution in [1.29, 1.82) is 0 Å². The summed E-state index contributed by atoms with van der Waals surface area (Å²) in [6.45, 7) is 0. The lowest BCUT2D eigenvalue weighted by molar-refractivity contribution is 0.106. The Morgan fingerprint density at radius 2 is 1.38 bits per heavy atom. The monoisotopic (exact) mass is 380 g/mol. The van der Waals surface area contributed by atoms with Gasteiger partial charge in [0.05, 0.1) is 16.3 Å². The number of Topliss-reactive ketones (excluding diaryl/α,β-unsaturated/α-hetero) is 1. The zero-order valence-electron chi connectivity index (χ0n) is 13.6. The summed E-state index contributed by atoms with van der Waals surface area (Å²) in [6.07, 6.45) is 1.53. The van der Waals surface area contributed by atoms with E-state index in [2.05, 4.69) is 10.2 Å². The average Bonchev–Trinajstić information content (AvgIpc) is 2.69. The second-order valence-electron chi connectivity index (χ2n) is 5.43. The lowest BCUT2D eigenvalue weighted by Crippen LogP contribution is -2.15. The second-order valence-corrected chi connectivity index (χ2v) is 6.24. The number of carbonyl (C=O) groups excluding carboxylic acids is 1. The SMILES string of the molecule is O=C(C(=NN=Cc1ccc(Cl)c(Cl)c1)c1ccccc1)c1ccccc1. The Bertz CT molecular complexity index is 968. The molecule has 0 aliphatic heterocycles. The Kier molecular flexibility index (Phi) is 5.95. The molecule has 3 rings (SSSR count). The van der Waals surface area contributed by atoms with Crippen molar-refractivity contribution in [2.75, 3.05) is 0 Å². The van der Waals surface area contributed by atoms with E-state index in [4.69, 9.17) is 23.2 Å². The molecule has 3 aromatic carbocycles. The first kappa shape index (κ1) is 18.1. The Hall–Kier alpha value is -2.75. The maximum Gasteiger partial charge on any atom is 0.213 e. The second kappa shape index (κ2) is 8.56. The minimum Gasteiger partial charge on any atom is -0.287 e. The van der Waals surface area contributed by atoms with Gasteiger partial charge in [0, 0.05) is 11.1 Å². The summed E-state index contributed by atoms with van der Waals surface area (Å²) in [5.41, 5.74) is 2.27. The predicted octanol–water partition coefficient (Wildman–Crippen LogP) is 5.70. The fourth-order valence-corrected chi connectivity index (χ4v) is 2.61. The van der Waals surface area contributed by atoms with Gasteiger partial charge in [0.15, 0.2) is 0 Å². The largest absolute Gasteiger partial charge is 0.287 e. The van der Waals surface area contributed by atoms with E-state index in [1.807, 2.05) is 48.5 Å². The van der Waals surface area contributed by atoms with Gasteiger partial charge < -0.3 is 0 Å². The molecule has 0 unspecified atom stereocenters. The molecule has 0 aliphatic rings. The van der Waals surface area contributed by atoms with Crippen molar-refractivity contribution in [2.45, 2.75) is 0 Å². The Labute approximate surface area is 161 Å². The van der Waals surface area contributed by atoms with Gasteiger partial charge in [0.1, 0.15) is 5.71 Å². The molecule has 0 atom stereocenters. The lowest BCUT2D eigenvalue weighted by atomic mass is 10.0. The zero-order valence-corrected chi connectivity index (χ0v) is 15.2. The molecule has 0 heterocycles. The van der Waals surface area contributed by atoms with Crippen LogP contribution in [0, 0.1) is 0 Å². The highest BCUT2D eigenvalue weighted by atomic mass is 35.5. The zero-order chi connectivity index (χ0) is 18.4. The summed E-state index contributed by atoms with van der Waals surface area (Å²) in [5.74, 6) is -0.192. The van der Waals surface area contributed by atoms with Crippen LogP contribution in [0.4, 0.5) is 0 Å². The van der Waals surface area contributed by atoms with Crippen molar-refractivity contribution in [3.63, 3.8) is 0 Å². The van der Waals surface area contributed by atoms with Crippen LogP contribution in [-0.2, 0) is 0 Å². The van der Waals surface area contributed by atoms with E-state index >= 15 is 0 Å². The topological polar surface area (TPSA) is 41.8 Å². The van der Waals surface area contributed by atoms with Gasteiger partial charge in [-0.05, 0) is 17.7 Å². The van der Waals surface area contributed by atoms with E-state index < -0.39 is 0 Å². The maximum absolute atomic E-state index is 12.8. The van der Waals surface area contributed by atoms with Crippen LogP contribution in [0.2, 0.25) is 10.0 Å². The molecule has 0 radical (unpaired) electrons. The third-order valence-electron chi connectivity index (χ3n) is 3.61. The number of benzene rings is 3. The van der Waals surface area contributed by atoms with E-state index in [0.717, 1.165) is 5.56 Å². The van der Waals surface area contributed by atoms with Crippen LogP contribution in [-0.4, -0.2) is 17.7 Å². The third kappa shape index (κ3) is 4.45. The molecule has 0 spiro atoms. The summed E-state index contributed by atoms with van der Waals surface area (Å²) in [7, 11) is 0. The molecule has 3 aromatic rings. The summed E-state index contributed by atoms with van der Waals surface area (Å²) >= 11 is 11.9. The number of ketones is 1. The van der Waals surface area contributed by atoms with Crippen LogP contribution in [0.25, 0.3) is 0 Å². The highest BCUT2D eigenvalue weighted by Gasteiger charge is 2.15. The Balaban J connectivity index is 1.95. The first-order chi connectivity index (χ1) is 12.6. The van der Waals surface area contributed by atoms with E-state index in [-0.39, 0.29) is 11.5 Å². The Morgan fingerprint density at radius 3 is 2.00 bits per heavy atom. The van der Waals surface area contributed by atoms with Crippen molar-refractivity contribution in [3.8, 4) is 0 Å². The van der Waals surface area contributed by atoms with E-state index in [9.17, 15) is 4.79 Å². The fraction of sp³-hybridized carbons (Fsp3) is 0. The maximum atomic E-state index is 12.8. The molecule has 0 aromatic heterocycles. The van der Waals surface area contributed by atoms with Gasteiger partial charge in [-0.25, -0.2) is 0 Å². The highest BCUT2D eigenvalue weighted by Crippen LogP contribution is 2.21. The fourth-order valence-electron chi connectivity index (χ4n) is 2.30. The molecule has 5 heteroatoms. The predicted molar refractivity (Wildman–Crippen MR) is 108 cm³/mol. The van der Waals surface area contributed by atoms with Crippen LogP contribution in [0.1, 0.15) is 21.5 Å². The minimum absolute atomic E-state index is 0.192. The molecule has 3 nitrogen and oxygen atoms in total. The molecule has 0 bridgehead atoms. The van der Waals surface area contributed by atoms with Crippen molar-refractivity contribution in [2.24, 2.45) is 10.2 Å². The molecular formula is C21H14Cl2N2O. The molecule has 26 heavy (non-hydrogen) atoms. The van der Waals surface area contributed by atoms with Crippen LogP contribution < -0.4 is 0 Å². The molecule has 0 saturated heterocycles. The minimum atomic E-state index is -0.192. The van der Waals surface area contributed by atoms with E-state index in [0.29, 0.717) is 21.2 Å². The normalized spacial score (nSPS) is 11.7. The van der Waals surface area contributed by atoms with Gasteiger partial charge in [0.25, 0.3) is 0 Å². The summed E-state index contributed by atoms with van der Waals surface area (Å²) in [4.78, 5) is 12.8. The number of carbonyl (C=O) groups is 1. The molecular weight excluding hydrogens is 367 g/mol. The van der Waals surface area contributed by atoms with Gasteiger partial charge in [-0.1, -0.05) is 89.9 Å². The molecule has 0 fully saturated rings. The number of hydrogen-bond acceptors (Lipinski definition) is 3. The average molecular weight is 381 g/mol. The van der Waals surface area contributed by atoms with Crippen molar-refractivity contribution in [3.05, 3.63) is 106 Å². The number of nitrogens with zero attached hydrogens (tertiary/aromatic N) is 2.